The summed E-state index contributed by atoms with van der Waals surface area (Å²) < 4.78 is 0. The molecule has 0 fully saturated rings. The van der Waals surface area contributed by atoms with Gasteiger partial charge in [0, 0.05) is 6.04 Å². The molecule has 26 heavy (non-hydrogen) atoms. The summed E-state index contributed by atoms with van der Waals surface area (Å²) in [5.74, 6) is 0. The quantitative estimate of drug-likeness (QED) is 0.178. The van der Waals surface area contributed by atoms with Crippen LogP contribution in [-0.2, 0) is 0 Å². The number of hydrogen-bond acceptors (Lipinski definition) is 1. The van der Waals surface area contributed by atoms with Gasteiger partial charge >= 0.3 is 18.9 Å². The van der Waals surface area contributed by atoms with Gasteiger partial charge in [-0.25, -0.2) is 0 Å². The largest absolute Gasteiger partial charge is 1.00 e. The fourth-order valence-electron chi connectivity index (χ4n) is 3.87. The van der Waals surface area contributed by atoms with E-state index in [2.05, 4.69) is 30.9 Å². The van der Waals surface area contributed by atoms with Gasteiger partial charge in [0.25, 0.3) is 0 Å². The number of unbranched alkanes of at least 4 members (excludes halogenated alkanes) is 14. The number of hydrogen-bond donors (Lipinski definition) is 0. The van der Waals surface area contributed by atoms with Crippen molar-refractivity contribution < 1.29 is 20.3 Å². The molecule has 0 spiro atoms. The third-order valence-corrected chi connectivity index (χ3v) is 5.80. The van der Waals surface area contributed by atoms with Crippen molar-refractivity contribution in [1.82, 2.24) is 4.90 Å². The van der Waals surface area contributed by atoms with Gasteiger partial charge in [0.15, 0.2) is 0 Å². The monoisotopic (exact) mass is 357 g/mol. The maximum atomic E-state index is 2.77. The molecule has 0 aromatic heterocycles. The van der Waals surface area contributed by atoms with E-state index in [1.165, 1.54) is 122 Å². The molecule has 0 N–H and O–H groups in total. The molecule has 0 heterocycles. The standard InChI is InChI=1S/C24H47N.Li.H/c1-3-5-7-9-11-13-15-17-22-25(24-20-19-21-24)23-18-16-14-12-10-8-6-4-2;;/h19-20,24H,3-18,21-23H2,1-2H3;;/q;+1;-1. The van der Waals surface area contributed by atoms with Crippen LogP contribution in [0.2, 0.25) is 0 Å². The minimum atomic E-state index is 0. The van der Waals surface area contributed by atoms with Crippen molar-refractivity contribution in [3.63, 3.8) is 0 Å². The first kappa shape index (κ1) is 26.3. The normalized spacial score (nSPS) is 15.9. The average Bonchev–Trinajstić information content (AvgIpc) is 2.57. The Bertz CT molecular complexity index is 289. The summed E-state index contributed by atoms with van der Waals surface area (Å²) >= 11 is 0. The Balaban J connectivity index is 0. The summed E-state index contributed by atoms with van der Waals surface area (Å²) in [4.78, 5) is 2.77. The summed E-state index contributed by atoms with van der Waals surface area (Å²) in [6.45, 7) is 7.27. The molecular formula is C24H48LiN. The van der Waals surface area contributed by atoms with Gasteiger partial charge in [-0.1, -0.05) is 116 Å². The van der Waals surface area contributed by atoms with E-state index in [1.54, 1.807) is 0 Å². The zero-order valence-corrected chi connectivity index (χ0v) is 18.6. The van der Waals surface area contributed by atoms with E-state index in [0.717, 1.165) is 6.04 Å². The van der Waals surface area contributed by atoms with Gasteiger partial charge in [-0.3, -0.25) is 4.90 Å². The minimum Gasteiger partial charge on any atom is -1.00 e. The molecule has 1 aliphatic carbocycles. The smallest absolute Gasteiger partial charge is 1.00 e. The Morgan fingerprint density at radius 1 is 0.654 bits per heavy atom. The average molecular weight is 358 g/mol. The van der Waals surface area contributed by atoms with Gasteiger partial charge in [-0.2, -0.15) is 0 Å². The van der Waals surface area contributed by atoms with Crippen molar-refractivity contribution in [1.29, 1.82) is 0 Å². The maximum absolute atomic E-state index is 2.77. The molecule has 2 heteroatoms. The van der Waals surface area contributed by atoms with Crippen molar-refractivity contribution in [3.05, 3.63) is 12.2 Å². The van der Waals surface area contributed by atoms with E-state index in [0.29, 0.717) is 0 Å². The summed E-state index contributed by atoms with van der Waals surface area (Å²) in [5, 5.41) is 0. The van der Waals surface area contributed by atoms with E-state index in [9.17, 15) is 0 Å². The molecule has 1 unspecified atom stereocenters. The maximum Gasteiger partial charge on any atom is 1.00 e. The second kappa shape index (κ2) is 20.0. The Hall–Kier alpha value is 0.297. The molecular weight excluding hydrogens is 309 g/mol. The van der Waals surface area contributed by atoms with Crippen molar-refractivity contribution in [2.24, 2.45) is 0 Å². The summed E-state index contributed by atoms with van der Waals surface area (Å²) in [6, 6.07) is 0.772. The molecule has 150 valence electrons. The Morgan fingerprint density at radius 3 is 1.31 bits per heavy atom. The van der Waals surface area contributed by atoms with Crippen LogP contribution < -0.4 is 18.9 Å². The third kappa shape index (κ3) is 14.4. The Labute approximate surface area is 179 Å². The van der Waals surface area contributed by atoms with Crippen LogP contribution in [0.25, 0.3) is 0 Å². The van der Waals surface area contributed by atoms with E-state index < -0.39 is 0 Å². The van der Waals surface area contributed by atoms with Crippen molar-refractivity contribution in [2.75, 3.05) is 13.1 Å². The molecule has 0 amide bonds. The fraction of sp³-hybridized carbons (Fsp3) is 0.917. The van der Waals surface area contributed by atoms with Crippen LogP contribution in [0, 0.1) is 0 Å². The second-order valence-corrected chi connectivity index (χ2v) is 8.22. The van der Waals surface area contributed by atoms with Gasteiger partial charge in [-0.05, 0) is 32.4 Å². The van der Waals surface area contributed by atoms with E-state index in [1.807, 2.05) is 0 Å². The second-order valence-electron chi connectivity index (χ2n) is 8.22. The fourth-order valence-corrected chi connectivity index (χ4v) is 3.87. The third-order valence-electron chi connectivity index (χ3n) is 5.80. The number of rotatable bonds is 19. The van der Waals surface area contributed by atoms with Gasteiger partial charge in [0.1, 0.15) is 0 Å². The molecule has 1 atom stereocenters. The molecule has 1 nitrogen and oxygen atoms in total. The van der Waals surface area contributed by atoms with Crippen molar-refractivity contribution in [2.45, 2.75) is 129 Å². The van der Waals surface area contributed by atoms with Crippen LogP contribution in [0.15, 0.2) is 12.2 Å². The van der Waals surface area contributed by atoms with Gasteiger partial charge < -0.3 is 1.43 Å². The topological polar surface area (TPSA) is 3.24 Å². The minimum absolute atomic E-state index is 0. The Morgan fingerprint density at radius 2 is 1.00 bits per heavy atom. The van der Waals surface area contributed by atoms with Crippen LogP contribution in [0.1, 0.15) is 124 Å². The predicted molar refractivity (Wildman–Crippen MR) is 115 cm³/mol. The number of nitrogens with zero attached hydrogens (tertiary/aromatic N) is 1. The Kier molecular flexibility index (Phi) is 20.3. The van der Waals surface area contributed by atoms with Crippen LogP contribution in [0.5, 0.6) is 0 Å². The van der Waals surface area contributed by atoms with Crippen LogP contribution in [0.4, 0.5) is 0 Å². The van der Waals surface area contributed by atoms with E-state index in [-0.39, 0.29) is 20.3 Å². The van der Waals surface area contributed by atoms with E-state index >= 15 is 0 Å². The molecule has 1 aliphatic rings. The molecule has 0 aromatic carbocycles. The van der Waals surface area contributed by atoms with Crippen LogP contribution in [0.3, 0.4) is 0 Å². The first-order valence-corrected chi connectivity index (χ1v) is 11.8. The zero-order chi connectivity index (χ0) is 18.0. The molecule has 0 saturated heterocycles. The summed E-state index contributed by atoms with van der Waals surface area (Å²) in [5.41, 5.74) is 0. The molecule has 0 radical (unpaired) electrons. The molecule has 1 rings (SSSR count). The van der Waals surface area contributed by atoms with Gasteiger partial charge in [-0.15, -0.1) is 0 Å². The molecule has 0 bridgehead atoms. The SMILES string of the molecule is CCCCCCCCCCN(CCCCCCCCCC)C1C=CC1.[H-].[Li+]. The first-order chi connectivity index (χ1) is 12.4. The van der Waals surface area contributed by atoms with Crippen molar-refractivity contribution >= 4 is 0 Å². The molecule has 0 aliphatic heterocycles. The first-order valence-electron chi connectivity index (χ1n) is 11.8. The zero-order valence-electron chi connectivity index (χ0n) is 19.6. The predicted octanol–water partition coefficient (Wildman–Crippen LogP) is 5.01. The molecule has 0 saturated carbocycles. The summed E-state index contributed by atoms with van der Waals surface area (Å²) in [7, 11) is 0. The van der Waals surface area contributed by atoms with Gasteiger partial charge in [0.2, 0.25) is 0 Å². The van der Waals surface area contributed by atoms with Crippen molar-refractivity contribution in [3.8, 4) is 0 Å². The summed E-state index contributed by atoms with van der Waals surface area (Å²) in [6.07, 6.45) is 29.0. The van der Waals surface area contributed by atoms with Gasteiger partial charge in [0.05, 0.1) is 0 Å². The van der Waals surface area contributed by atoms with Crippen LogP contribution in [-0.4, -0.2) is 24.0 Å². The van der Waals surface area contributed by atoms with Crippen LogP contribution >= 0.6 is 0 Å². The van der Waals surface area contributed by atoms with E-state index in [4.69, 9.17) is 0 Å². The molecule has 0 aromatic rings.